The van der Waals surface area contributed by atoms with E-state index in [1.165, 1.54) is 12.0 Å². The number of nitrogens with one attached hydrogen (secondary N) is 2. The molecule has 1 saturated heterocycles. The molecule has 4 aromatic rings. The Labute approximate surface area is 211 Å². The van der Waals surface area contributed by atoms with E-state index < -0.39 is 17.5 Å². The number of methoxy groups -OCH3 is 2. The summed E-state index contributed by atoms with van der Waals surface area (Å²) in [6, 6.07) is 13.8. The number of urea groups is 1. The van der Waals surface area contributed by atoms with Crippen molar-refractivity contribution in [2.45, 2.75) is 12.1 Å². The summed E-state index contributed by atoms with van der Waals surface area (Å²) in [5.74, 6) is 0.563. The van der Waals surface area contributed by atoms with Crippen LogP contribution in [0.5, 0.6) is 11.5 Å². The number of pyridine rings is 1. The van der Waals surface area contributed by atoms with Crippen molar-refractivity contribution in [3.63, 3.8) is 0 Å². The van der Waals surface area contributed by atoms with Crippen LogP contribution >= 0.6 is 0 Å². The van der Waals surface area contributed by atoms with Crippen molar-refractivity contribution in [1.82, 2.24) is 20.5 Å². The molecule has 1 fully saturated rings. The number of nitrogens with zero attached hydrogens (tertiary/aromatic N) is 2. The van der Waals surface area contributed by atoms with E-state index in [1.54, 1.807) is 43.8 Å². The van der Waals surface area contributed by atoms with Crippen LogP contribution in [-0.4, -0.2) is 48.5 Å². The Hall–Kier alpha value is -4.86. The number of amides is 4. The third-order valence-electron chi connectivity index (χ3n) is 6.82. The fourth-order valence-electron chi connectivity index (χ4n) is 4.94. The molecule has 0 radical (unpaired) electrons. The second-order valence-electron chi connectivity index (χ2n) is 8.94. The average Bonchev–Trinajstić information content (AvgIpc) is 3.57. The van der Waals surface area contributed by atoms with Gasteiger partial charge in [0.15, 0.2) is 5.54 Å². The second-order valence-corrected chi connectivity index (χ2v) is 8.94. The molecule has 2 N–H and O–H groups in total. The van der Waals surface area contributed by atoms with Gasteiger partial charge in [0.25, 0.3) is 11.8 Å². The van der Waals surface area contributed by atoms with Gasteiger partial charge in [0.1, 0.15) is 22.8 Å². The van der Waals surface area contributed by atoms with E-state index in [1.807, 2.05) is 24.3 Å². The average molecular weight is 498 g/mol. The Balaban J connectivity index is 1.39. The maximum atomic E-state index is 13.2. The van der Waals surface area contributed by atoms with Crippen LogP contribution in [0, 0.1) is 0 Å². The van der Waals surface area contributed by atoms with Crippen LogP contribution in [0.2, 0.25) is 0 Å². The fraction of sp³-hybridized carbons (Fsp3) is 0.185. The lowest BCUT2D eigenvalue weighted by atomic mass is 9.95. The molecule has 2 aromatic carbocycles. The number of ether oxygens (including phenoxy) is 2. The van der Waals surface area contributed by atoms with Crippen molar-refractivity contribution in [1.29, 1.82) is 0 Å². The largest absolute Gasteiger partial charge is 0.497 e. The van der Waals surface area contributed by atoms with Crippen molar-refractivity contribution >= 4 is 28.8 Å². The Kier molecular flexibility index (Phi) is 5.11. The molecular weight excluding hydrogens is 476 g/mol. The van der Waals surface area contributed by atoms with Crippen LogP contribution in [-0.2, 0) is 16.9 Å². The van der Waals surface area contributed by atoms with Gasteiger partial charge in [-0.2, -0.15) is 0 Å². The lowest BCUT2D eigenvalue weighted by molar-refractivity contribution is -0.125. The van der Waals surface area contributed by atoms with E-state index in [0.29, 0.717) is 22.6 Å². The maximum absolute atomic E-state index is 13.2. The number of furan rings is 1. The Bertz CT molecular complexity index is 1600. The standard InChI is InChI=1S/C27H22N4O6/c1-35-18-5-3-16-13-31(24(32)20(16)11-18)14-27(25(33)29-26(34)30-27)23-10-17-9-15(4-6-21(17)37-23)19-7-8-28-12-22(19)36-2/h3-12H,13-14H2,1-2H3,(H2,29,30,33,34)/t27-/m0/s1. The van der Waals surface area contributed by atoms with Crippen molar-refractivity contribution in [2.24, 2.45) is 0 Å². The van der Waals surface area contributed by atoms with Crippen LogP contribution in [0.4, 0.5) is 4.79 Å². The number of carbonyl (C=O) groups excluding carboxylic acids is 3. The number of hydrogen-bond acceptors (Lipinski definition) is 7. The smallest absolute Gasteiger partial charge is 0.322 e. The van der Waals surface area contributed by atoms with Crippen molar-refractivity contribution in [2.75, 3.05) is 20.8 Å². The molecule has 0 aliphatic carbocycles. The molecule has 2 aliphatic heterocycles. The lowest BCUT2D eigenvalue weighted by Gasteiger charge is -2.29. The Morgan fingerprint density at radius 1 is 1.03 bits per heavy atom. The van der Waals surface area contributed by atoms with Crippen LogP contribution in [0.3, 0.4) is 0 Å². The summed E-state index contributed by atoms with van der Waals surface area (Å²) in [5.41, 5.74) is 1.96. The summed E-state index contributed by atoms with van der Waals surface area (Å²) in [5, 5.41) is 5.74. The van der Waals surface area contributed by atoms with Gasteiger partial charge in [-0.25, -0.2) is 4.79 Å². The second kappa shape index (κ2) is 8.37. The molecule has 186 valence electrons. The van der Waals surface area contributed by atoms with Gasteiger partial charge in [0.05, 0.1) is 27.0 Å². The maximum Gasteiger partial charge on any atom is 0.322 e. The molecule has 10 nitrogen and oxygen atoms in total. The fourth-order valence-corrected chi connectivity index (χ4v) is 4.94. The summed E-state index contributed by atoms with van der Waals surface area (Å²) in [4.78, 5) is 44.3. The highest BCUT2D eigenvalue weighted by atomic mass is 16.5. The minimum Gasteiger partial charge on any atom is -0.497 e. The molecule has 2 aromatic heterocycles. The van der Waals surface area contributed by atoms with E-state index in [4.69, 9.17) is 13.9 Å². The quantitative estimate of drug-likeness (QED) is 0.392. The number of benzene rings is 2. The van der Waals surface area contributed by atoms with Gasteiger partial charge >= 0.3 is 6.03 Å². The topological polar surface area (TPSA) is 123 Å². The summed E-state index contributed by atoms with van der Waals surface area (Å²) in [6.45, 7) is 0.181. The number of carbonyl (C=O) groups is 3. The molecule has 0 unspecified atom stereocenters. The summed E-state index contributed by atoms with van der Waals surface area (Å²) in [7, 11) is 3.11. The first-order chi connectivity index (χ1) is 17.9. The molecule has 4 heterocycles. The van der Waals surface area contributed by atoms with Crippen LogP contribution in [0.1, 0.15) is 21.7 Å². The summed E-state index contributed by atoms with van der Waals surface area (Å²) in [6.07, 6.45) is 3.31. The molecule has 2 aliphatic rings. The van der Waals surface area contributed by atoms with E-state index in [2.05, 4.69) is 15.6 Å². The molecule has 37 heavy (non-hydrogen) atoms. The molecule has 0 bridgehead atoms. The van der Waals surface area contributed by atoms with E-state index in [9.17, 15) is 14.4 Å². The molecule has 0 spiro atoms. The Morgan fingerprint density at radius 3 is 2.65 bits per heavy atom. The highest BCUT2D eigenvalue weighted by Gasteiger charge is 2.53. The SMILES string of the molecule is COc1ccc2c(c1)C(=O)N(C[C@@]1(c3cc4cc(-c5ccncc5OC)ccc4o3)NC(=O)NC1=O)C2. The minimum absolute atomic E-state index is 0.106. The number of fused-ring (bicyclic) bond motifs is 2. The van der Waals surface area contributed by atoms with Crippen LogP contribution < -0.4 is 20.1 Å². The van der Waals surface area contributed by atoms with Gasteiger partial charge in [0, 0.05) is 29.3 Å². The molecular formula is C27H22N4O6. The first kappa shape index (κ1) is 22.6. The summed E-state index contributed by atoms with van der Waals surface area (Å²) >= 11 is 0. The zero-order valence-corrected chi connectivity index (χ0v) is 20.0. The first-order valence-electron chi connectivity index (χ1n) is 11.5. The number of aromatic nitrogens is 1. The zero-order chi connectivity index (χ0) is 25.7. The molecule has 4 amide bonds. The van der Waals surface area contributed by atoms with Crippen molar-refractivity contribution < 1.29 is 28.3 Å². The van der Waals surface area contributed by atoms with Crippen molar-refractivity contribution in [3.05, 3.63) is 77.8 Å². The number of hydrogen-bond donors (Lipinski definition) is 2. The van der Waals surface area contributed by atoms with Gasteiger partial charge in [-0.3, -0.25) is 19.9 Å². The third kappa shape index (κ3) is 3.56. The first-order valence-corrected chi connectivity index (χ1v) is 11.5. The normalized spacial score (nSPS) is 18.6. The lowest BCUT2D eigenvalue weighted by Crippen LogP contribution is -2.52. The monoisotopic (exact) mass is 498 g/mol. The van der Waals surface area contributed by atoms with Gasteiger partial charge in [0.2, 0.25) is 0 Å². The summed E-state index contributed by atoms with van der Waals surface area (Å²) < 4.78 is 16.8. The molecule has 10 heteroatoms. The predicted molar refractivity (Wildman–Crippen MR) is 132 cm³/mol. The van der Waals surface area contributed by atoms with Crippen molar-refractivity contribution in [3.8, 4) is 22.6 Å². The van der Waals surface area contributed by atoms with E-state index in [-0.39, 0.29) is 24.8 Å². The van der Waals surface area contributed by atoms with Gasteiger partial charge in [-0.05, 0) is 47.5 Å². The van der Waals surface area contributed by atoms with E-state index >= 15 is 0 Å². The zero-order valence-electron chi connectivity index (χ0n) is 20.0. The van der Waals surface area contributed by atoms with Crippen LogP contribution in [0.15, 0.2) is 65.3 Å². The third-order valence-corrected chi connectivity index (χ3v) is 6.82. The minimum atomic E-state index is -1.59. The number of rotatable bonds is 6. The molecule has 6 rings (SSSR count). The molecule has 0 saturated carbocycles. The highest BCUT2D eigenvalue weighted by molar-refractivity contribution is 6.08. The van der Waals surface area contributed by atoms with E-state index in [0.717, 1.165) is 22.1 Å². The number of imide groups is 1. The van der Waals surface area contributed by atoms with Crippen LogP contribution in [0.25, 0.3) is 22.1 Å². The molecule has 1 atom stereocenters. The highest BCUT2D eigenvalue weighted by Crippen LogP contribution is 2.37. The van der Waals surface area contributed by atoms with Gasteiger partial charge < -0.3 is 24.1 Å². The van der Waals surface area contributed by atoms with Gasteiger partial charge in [-0.15, -0.1) is 0 Å². The van der Waals surface area contributed by atoms with Gasteiger partial charge in [-0.1, -0.05) is 12.1 Å². The predicted octanol–water partition coefficient (Wildman–Crippen LogP) is 3.20. The Morgan fingerprint density at radius 2 is 1.89 bits per heavy atom.